The molecule has 0 aliphatic heterocycles. The van der Waals surface area contributed by atoms with Crippen LogP contribution >= 0.6 is 0 Å². The fourth-order valence-electron chi connectivity index (χ4n) is 2.68. The molecule has 2 N–H and O–H groups in total. The first-order valence-corrected chi connectivity index (χ1v) is 7.18. The van der Waals surface area contributed by atoms with Crippen molar-refractivity contribution in [3.8, 4) is 0 Å². The van der Waals surface area contributed by atoms with E-state index in [0.717, 1.165) is 24.8 Å². The van der Waals surface area contributed by atoms with Gasteiger partial charge in [-0.3, -0.25) is 9.59 Å². The van der Waals surface area contributed by atoms with E-state index in [9.17, 15) is 9.59 Å². The molecule has 4 nitrogen and oxygen atoms in total. The monoisotopic (exact) mass is 275 g/mol. The third kappa shape index (κ3) is 3.38. The van der Waals surface area contributed by atoms with Crippen molar-refractivity contribution in [2.24, 2.45) is 5.92 Å². The molecule has 0 bridgehead atoms. The molecule has 2 rings (SSSR count). The second kappa shape index (κ2) is 6.55. The predicted octanol–water partition coefficient (Wildman–Crippen LogP) is 2.33. The van der Waals surface area contributed by atoms with E-state index >= 15 is 0 Å². The van der Waals surface area contributed by atoms with Gasteiger partial charge in [-0.15, -0.1) is 0 Å². The van der Waals surface area contributed by atoms with Gasteiger partial charge in [-0.05, 0) is 36.8 Å². The Balaban J connectivity index is 1.92. The number of amides is 1. The molecule has 1 aromatic rings. The molecule has 20 heavy (non-hydrogen) atoms. The summed E-state index contributed by atoms with van der Waals surface area (Å²) in [6.07, 6.45) is 3.41. The molecule has 0 saturated carbocycles. The molecule has 2 unspecified atom stereocenters. The number of aliphatic carboxylic acids is 1. The van der Waals surface area contributed by atoms with E-state index in [0.29, 0.717) is 13.0 Å². The van der Waals surface area contributed by atoms with Gasteiger partial charge in [-0.25, -0.2) is 0 Å². The van der Waals surface area contributed by atoms with Gasteiger partial charge in [0, 0.05) is 6.54 Å². The van der Waals surface area contributed by atoms with E-state index in [2.05, 4.69) is 11.4 Å². The maximum absolute atomic E-state index is 12.3. The Morgan fingerprint density at radius 2 is 2.15 bits per heavy atom. The summed E-state index contributed by atoms with van der Waals surface area (Å²) in [4.78, 5) is 23.0. The largest absolute Gasteiger partial charge is 0.481 e. The Morgan fingerprint density at radius 3 is 2.90 bits per heavy atom. The molecule has 0 fully saturated rings. The van der Waals surface area contributed by atoms with Crippen LogP contribution in [0, 0.1) is 5.92 Å². The summed E-state index contributed by atoms with van der Waals surface area (Å²) in [5, 5.41) is 11.7. The van der Waals surface area contributed by atoms with E-state index in [1.165, 1.54) is 5.56 Å². The number of nitrogens with one attached hydrogen (secondary N) is 1. The summed E-state index contributed by atoms with van der Waals surface area (Å²) in [6, 6.07) is 8.09. The maximum atomic E-state index is 12.3. The molecule has 0 radical (unpaired) electrons. The fraction of sp³-hybridized carbons (Fsp3) is 0.500. The van der Waals surface area contributed by atoms with Crippen LogP contribution in [-0.4, -0.2) is 23.5 Å². The van der Waals surface area contributed by atoms with Crippen LogP contribution < -0.4 is 5.32 Å². The van der Waals surface area contributed by atoms with Crippen LogP contribution in [-0.2, 0) is 16.0 Å². The zero-order valence-corrected chi connectivity index (χ0v) is 11.8. The average Bonchev–Trinajstić information content (AvgIpc) is 2.46. The number of carboxylic acids is 1. The van der Waals surface area contributed by atoms with Gasteiger partial charge in [0.15, 0.2) is 0 Å². The van der Waals surface area contributed by atoms with Crippen molar-refractivity contribution < 1.29 is 14.7 Å². The second-order valence-electron chi connectivity index (χ2n) is 5.46. The molecular weight excluding hydrogens is 254 g/mol. The smallest absolute Gasteiger partial charge is 0.306 e. The lowest BCUT2D eigenvalue weighted by Crippen LogP contribution is -2.33. The minimum absolute atomic E-state index is 0.0229. The molecule has 2 atom stereocenters. The van der Waals surface area contributed by atoms with Crippen molar-refractivity contribution in [3.63, 3.8) is 0 Å². The number of hydrogen-bond acceptors (Lipinski definition) is 2. The Bertz CT molecular complexity index is 498. The van der Waals surface area contributed by atoms with Gasteiger partial charge < -0.3 is 10.4 Å². The number of carboxylic acid groups (broad SMARTS) is 1. The highest BCUT2D eigenvalue weighted by atomic mass is 16.4. The molecule has 1 aliphatic carbocycles. The van der Waals surface area contributed by atoms with Crippen LogP contribution in [0.5, 0.6) is 0 Å². The zero-order valence-electron chi connectivity index (χ0n) is 11.8. The highest BCUT2D eigenvalue weighted by Crippen LogP contribution is 2.31. The summed E-state index contributed by atoms with van der Waals surface area (Å²) in [7, 11) is 0. The predicted molar refractivity (Wildman–Crippen MR) is 76.5 cm³/mol. The van der Waals surface area contributed by atoms with E-state index in [1.54, 1.807) is 6.92 Å². The van der Waals surface area contributed by atoms with Gasteiger partial charge in [-0.1, -0.05) is 31.2 Å². The quantitative estimate of drug-likeness (QED) is 0.866. The zero-order chi connectivity index (χ0) is 14.5. The molecule has 0 heterocycles. The Kier molecular flexibility index (Phi) is 4.77. The van der Waals surface area contributed by atoms with E-state index in [1.807, 2.05) is 18.2 Å². The minimum atomic E-state index is -0.817. The summed E-state index contributed by atoms with van der Waals surface area (Å²) < 4.78 is 0. The van der Waals surface area contributed by atoms with Crippen LogP contribution in [0.4, 0.5) is 0 Å². The van der Waals surface area contributed by atoms with Gasteiger partial charge in [0.2, 0.25) is 5.91 Å². The number of carbonyl (C=O) groups excluding carboxylic acids is 1. The highest BCUT2D eigenvalue weighted by molar-refractivity contribution is 5.84. The number of carbonyl (C=O) groups is 2. The van der Waals surface area contributed by atoms with Crippen LogP contribution in [0.1, 0.15) is 43.2 Å². The third-order valence-electron chi connectivity index (χ3n) is 3.98. The normalized spacial score (nSPS) is 18.9. The van der Waals surface area contributed by atoms with Gasteiger partial charge in [0.25, 0.3) is 0 Å². The summed E-state index contributed by atoms with van der Waals surface area (Å²) in [5.74, 6) is -1.30. The van der Waals surface area contributed by atoms with Gasteiger partial charge in [0.05, 0.1) is 11.8 Å². The highest BCUT2D eigenvalue weighted by Gasteiger charge is 2.25. The van der Waals surface area contributed by atoms with E-state index < -0.39 is 11.9 Å². The number of benzene rings is 1. The molecule has 1 aliphatic rings. The first kappa shape index (κ1) is 14.6. The molecule has 1 aromatic carbocycles. The van der Waals surface area contributed by atoms with Crippen molar-refractivity contribution in [1.29, 1.82) is 0 Å². The lowest BCUT2D eigenvalue weighted by Gasteiger charge is -2.24. The van der Waals surface area contributed by atoms with Gasteiger partial charge in [0.1, 0.15) is 0 Å². The average molecular weight is 275 g/mol. The number of fused-ring (bicyclic) bond motifs is 1. The van der Waals surface area contributed by atoms with Crippen molar-refractivity contribution >= 4 is 11.9 Å². The standard InChI is InChI=1S/C16H21NO3/c1-11(16(19)20)9-10-17-15(18)14-8-4-6-12-5-2-3-7-13(12)14/h2-3,5,7,11,14H,4,6,8-10H2,1H3,(H,17,18)(H,19,20). The molecule has 4 heteroatoms. The first-order valence-electron chi connectivity index (χ1n) is 7.18. The number of rotatable bonds is 5. The maximum Gasteiger partial charge on any atom is 0.306 e. The summed E-state index contributed by atoms with van der Waals surface area (Å²) >= 11 is 0. The van der Waals surface area contributed by atoms with Crippen molar-refractivity contribution in [1.82, 2.24) is 5.32 Å². The molecule has 1 amide bonds. The summed E-state index contributed by atoms with van der Waals surface area (Å²) in [6.45, 7) is 2.08. The SMILES string of the molecule is CC(CCNC(=O)C1CCCc2ccccc21)C(=O)O. The number of hydrogen-bond donors (Lipinski definition) is 2. The minimum Gasteiger partial charge on any atom is -0.481 e. The van der Waals surface area contributed by atoms with Gasteiger partial charge >= 0.3 is 5.97 Å². The van der Waals surface area contributed by atoms with Crippen LogP contribution in [0.2, 0.25) is 0 Å². The summed E-state index contributed by atoms with van der Waals surface area (Å²) in [5.41, 5.74) is 2.39. The number of aryl methyl sites for hydroxylation is 1. The van der Waals surface area contributed by atoms with Crippen molar-refractivity contribution in [2.75, 3.05) is 6.54 Å². The van der Waals surface area contributed by atoms with Crippen LogP contribution in [0.3, 0.4) is 0 Å². The molecule has 0 saturated heterocycles. The Labute approximate surface area is 119 Å². The molecule has 108 valence electrons. The van der Waals surface area contributed by atoms with Crippen LogP contribution in [0.25, 0.3) is 0 Å². The Morgan fingerprint density at radius 1 is 1.40 bits per heavy atom. The Hall–Kier alpha value is -1.84. The first-order chi connectivity index (χ1) is 9.59. The van der Waals surface area contributed by atoms with E-state index in [-0.39, 0.29) is 11.8 Å². The molecular formula is C16H21NO3. The fourth-order valence-corrected chi connectivity index (χ4v) is 2.68. The molecule has 0 spiro atoms. The second-order valence-corrected chi connectivity index (χ2v) is 5.46. The van der Waals surface area contributed by atoms with Gasteiger partial charge in [-0.2, -0.15) is 0 Å². The van der Waals surface area contributed by atoms with Crippen molar-refractivity contribution in [2.45, 2.75) is 38.5 Å². The van der Waals surface area contributed by atoms with Crippen LogP contribution in [0.15, 0.2) is 24.3 Å². The lowest BCUT2D eigenvalue weighted by molar-refractivity contribution is -0.141. The third-order valence-corrected chi connectivity index (χ3v) is 3.98. The topological polar surface area (TPSA) is 66.4 Å². The molecule has 0 aromatic heterocycles. The van der Waals surface area contributed by atoms with Crippen molar-refractivity contribution in [3.05, 3.63) is 35.4 Å². The lowest BCUT2D eigenvalue weighted by atomic mass is 9.82. The van der Waals surface area contributed by atoms with E-state index in [4.69, 9.17) is 5.11 Å².